The van der Waals surface area contributed by atoms with E-state index in [2.05, 4.69) is 20.7 Å². The largest absolute Gasteiger partial charge is 0.389 e. The topological polar surface area (TPSA) is 76.5 Å². The molecule has 1 aromatic rings. The highest BCUT2D eigenvalue weighted by atomic mass is 16.7. The molecule has 0 bridgehead atoms. The zero-order valence-corrected chi connectivity index (χ0v) is 10.5. The zero-order valence-electron chi connectivity index (χ0n) is 10.5. The summed E-state index contributed by atoms with van der Waals surface area (Å²) in [5.41, 5.74) is 1.28. The van der Waals surface area contributed by atoms with Gasteiger partial charge in [0.15, 0.2) is 0 Å². The van der Waals surface area contributed by atoms with Crippen LogP contribution in [-0.4, -0.2) is 34.0 Å². The number of hydrogen-bond acceptors (Lipinski definition) is 5. The van der Waals surface area contributed by atoms with E-state index in [1.54, 1.807) is 6.07 Å². The van der Waals surface area contributed by atoms with Crippen LogP contribution in [0.5, 0.6) is 0 Å². The Hall–Kier alpha value is -1.98. The lowest BCUT2D eigenvalue weighted by atomic mass is 10.0. The third-order valence-electron chi connectivity index (χ3n) is 2.60. The minimum Gasteiger partial charge on any atom is -0.389 e. The molecule has 6 nitrogen and oxygen atoms in total. The molecule has 0 spiro atoms. The van der Waals surface area contributed by atoms with Crippen molar-refractivity contribution in [3.05, 3.63) is 24.0 Å². The molecule has 0 saturated carbocycles. The molecule has 18 heavy (non-hydrogen) atoms. The highest BCUT2D eigenvalue weighted by molar-refractivity contribution is 5.94. The molecule has 1 amide bonds. The highest BCUT2D eigenvalue weighted by Gasteiger charge is 2.28. The molecule has 0 aromatic carbocycles. The van der Waals surface area contributed by atoms with Crippen LogP contribution in [0.4, 0.5) is 0 Å². The Morgan fingerprint density at radius 3 is 2.94 bits per heavy atom. The standard InChI is InChI=1S/C12H16N4O2/c1-12(2)7-10(16-18-12)4-5-13-11(17)9-3-6-14-15-8-9/h3,6,8H,4-5,7H2,1-2H3,(H,13,17). The summed E-state index contributed by atoms with van der Waals surface area (Å²) >= 11 is 0. The number of carbonyl (C=O) groups is 1. The fourth-order valence-electron chi connectivity index (χ4n) is 1.73. The maximum atomic E-state index is 11.7. The molecular formula is C12H16N4O2. The first-order valence-electron chi connectivity index (χ1n) is 5.86. The Bertz CT molecular complexity index is 456. The maximum absolute atomic E-state index is 11.7. The van der Waals surface area contributed by atoms with E-state index in [0.29, 0.717) is 18.5 Å². The molecule has 96 valence electrons. The zero-order chi connectivity index (χ0) is 13.0. The van der Waals surface area contributed by atoms with Gasteiger partial charge >= 0.3 is 0 Å². The van der Waals surface area contributed by atoms with Gasteiger partial charge in [0.25, 0.3) is 5.91 Å². The summed E-state index contributed by atoms with van der Waals surface area (Å²) in [5.74, 6) is -0.149. The molecule has 1 N–H and O–H groups in total. The van der Waals surface area contributed by atoms with Gasteiger partial charge in [-0.15, -0.1) is 0 Å². The van der Waals surface area contributed by atoms with Crippen molar-refractivity contribution in [2.45, 2.75) is 32.3 Å². The molecule has 2 heterocycles. The first-order valence-corrected chi connectivity index (χ1v) is 5.86. The Kier molecular flexibility index (Phi) is 3.55. The van der Waals surface area contributed by atoms with Gasteiger partial charge in [-0.2, -0.15) is 10.2 Å². The first-order chi connectivity index (χ1) is 8.57. The van der Waals surface area contributed by atoms with Gasteiger partial charge in [0.05, 0.1) is 23.7 Å². The van der Waals surface area contributed by atoms with E-state index in [1.165, 1.54) is 12.4 Å². The molecule has 0 aliphatic carbocycles. The second kappa shape index (κ2) is 5.12. The van der Waals surface area contributed by atoms with Crippen molar-refractivity contribution < 1.29 is 9.63 Å². The third-order valence-corrected chi connectivity index (χ3v) is 2.60. The van der Waals surface area contributed by atoms with Crippen LogP contribution in [0.3, 0.4) is 0 Å². The van der Waals surface area contributed by atoms with Crippen molar-refractivity contribution in [2.75, 3.05) is 6.54 Å². The van der Waals surface area contributed by atoms with Crippen LogP contribution in [0, 0.1) is 0 Å². The van der Waals surface area contributed by atoms with Crippen LogP contribution < -0.4 is 5.32 Å². The molecular weight excluding hydrogens is 232 g/mol. The van der Waals surface area contributed by atoms with Crippen LogP contribution >= 0.6 is 0 Å². The SMILES string of the molecule is CC1(C)CC(CCNC(=O)c2ccnnc2)=NO1. The molecule has 0 fully saturated rings. The van der Waals surface area contributed by atoms with E-state index in [-0.39, 0.29) is 11.5 Å². The Morgan fingerprint density at radius 1 is 1.50 bits per heavy atom. The second-order valence-electron chi connectivity index (χ2n) is 4.82. The van der Waals surface area contributed by atoms with E-state index in [1.807, 2.05) is 13.8 Å². The Morgan fingerprint density at radius 2 is 2.33 bits per heavy atom. The fraction of sp³-hybridized carbons (Fsp3) is 0.500. The number of rotatable bonds is 4. The number of aromatic nitrogens is 2. The lowest BCUT2D eigenvalue weighted by Gasteiger charge is -2.13. The van der Waals surface area contributed by atoms with Crippen LogP contribution in [0.1, 0.15) is 37.0 Å². The van der Waals surface area contributed by atoms with Gasteiger partial charge in [-0.1, -0.05) is 5.16 Å². The smallest absolute Gasteiger partial charge is 0.252 e. The minimum absolute atomic E-state index is 0.149. The van der Waals surface area contributed by atoms with Crippen molar-refractivity contribution in [3.8, 4) is 0 Å². The summed E-state index contributed by atoms with van der Waals surface area (Å²) in [7, 11) is 0. The van der Waals surface area contributed by atoms with E-state index >= 15 is 0 Å². The fourth-order valence-corrected chi connectivity index (χ4v) is 1.73. The lowest BCUT2D eigenvalue weighted by molar-refractivity contribution is 0.0123. The van der Waals surface area contributed by atoms with Gasteiger partial charge in [0.1, 0.15) is 5.60 Å². The van der Waals surface area contributed by atoms with Gasteiger partial charge in [0, 0.05) is 19.4 Å². The molecule has 1 aromatic heterocycles. The summed E-state index contributed by atoms with van der Waals surface area (Å²) in [6.07, 6.45) is 4.44. The quantitative estimate of drug-likeness (QED) is 0.867. The molecule has 0 atom stereocenters. The van der Waals surface area contributed by atoms with Crippen LogP contribution in [0.2, 0.25) is 0 Å². The number of nitrogens with one attached hydrogen (secondary N) is 1. The monoisotopic (exact) mass is 248 g/mol. The van der Waals surface area contributed by atoms with Crippen molar-refractivity contribution in [3.63, 3.8) is 0 Å². The van der Waals surface area contributed by atoms with Gasteiger partial charge in [0.2, 0.25) is 0 Å². The number of hydrogen-bond donors (Lipinski definition) is 1. The van der Waals surface area contributed by atoms with Crippen molar-refractivity contribution in [1.29, 1.82) is 0 Å². The number of nitrogens with zero attached hydrogens (tertiary/aromatic N) is 3. The third kappa shape index (κ3) is 3.26. The van der Waals surface area contributed by atoms with Gasteiger partial charge in [-0.05, 0) is 19.9 Å². The molecule has 6 heteroatoms. The second-order valence-corrected chi connectivity index (χ2v) is 4.82. The normalized spacial score (nSPS) is 16.9. The molecule has 1 aliphatic rings. The van der Waals surface area contributed by atoms with Crippen LogP contribution in [0.15, 0.2) is 23.6 Å². The van der Waals surface area contributed by atoms with E-state index in [4.69, 9.17) is 4.84 Å². The average molecular weight is 248 g/mol. The molecule has 2 rings (SSSR count). The predicted octanol–water partition coefficient (Wildman–Crippen LogP) is 1.15. The van der Waals surface area contributed by atoms with Crippen LogP contribution in [0.25, 0.3) is 0 Å². The number of amides is 1. The van der Waals surface area contributed by atoms with Crippen molar-refractivity contribution >= 4 is 11.6 Å². The molecule has 0 saturated heterocycles. The molecule has 0 radical (unpaired) electrons. The highest BCUT2D eigenvalue weighted by Crippen LogP contribution is 2.23. The van der Waals surface area contributed by atoms with E-state index < -0.39 is 0 Å². The number of oxime groups is 1. The Balaban J connectivity index is 1.75. The summed E-state index contributed by atoms with van der Waals surface area (Å²) in [5, 5.41) is 14.1. The summed E-state index contributed by atoms with van der Waals surface area (Å²) in [6, 6.07) is 1.63. The Labute approximate surface area is 105 Å². The first kappa shape index (κ1) is 12.5. The van der Waals surface area contributed by atoms with Gasteiger partial charge in [-0.25, -0.2) is 0 Å². The summed E-state index contributed by atoms with van der Waals surface area (Å²) < 4.78 is 0. The van der Waals surface area contributed by atoms with Crippen molar-refractivity contribution in [1.82, 2.24) is 15.5 Å². The average Bonchev–Trinajstić information content (AvgIpc) is 2.70. The van der Waals surface area contributed by atoms with Crippen LogP contribution in [-0.2, 0) is 4.84 Å². The van der Waals surface area contributed by atoms with E-state index in [9.17, 15) is 4.79 Å². The van der Waals surface area contributed by atoms with Crippen molar-refractivity contribution in [2.24, 2.45) is 5.16 Å². The molecule has 0 unspecified atom stereocenters. The molecule has 1 aliphatic heterocycles. The lowest BCUT2D eigenvalue weighted by Crippen LogP contribution is -2.26. The maximum Gasteiger partial charge on any atom is 0.252 e. The summed E-state index contributed by atoms with van der Waals surface area (Å²) in [6.45, 7) is 4.52. The minimum atomic E-state index is -0.214. The van der Waals surface area contributed by atoms with Gasteiger partial charge in [-0.3, -0.25) is 4.79 Å². The van der Waals surface area contributed by atoms with Gasteiger partial charge < -0.3 is 10.2 Å². The van der Waals surface area contributed by atoms with E-state index in [0.717, 1.165) is 12.1 Å². The summed E-state index contributed by atoms with van der Waals surface area (Å²) in [4.78, 5) is 16.9. The predicted molar refractivity (Wildman–Crippen MR) is 66.2 cm³/mol. The number of carbonyl (C=O) groups excluding carboxylic acids is 1.